The lowest BCUT2D eigenvalue weighted by Gasteiger charge is -2.17. The normalized spacial score (nSPS) is 12.1. The summed E-state index contributed by atoms with van der Waals surface area (Å²) in [4.78, 5) is 0. The molecule has 86 valence electrons. The van der Waals surface area contributed by atoms with E-state index in [1.807, 2.05) is 19.2 Å². The second-order valence-corrected chi connectivity index (χ2v) is 3.92. The predicted molar refractivity (Wildman–Crippen MR) is 65.6 cm³/mol. The third kappa shape index (κ3) is 3.08. The zero-order valence-electron chi connectivity index (χ0n) is 9.89. The van der Waals surface area contributed by atoms with E-state index < -0.39 is 0 Å². The average molecular weight is 219 g/mol. The Morgan fingerprint density at radius 2 is 2.25 bits per heavy atom. The predicted octanol–water partition coefficient (Wildman–Crippen LogP) is 3.20. The molecule has 1 atom stereocenters. The first-order valence-corrected chi connectivity index (χ1v) is 5.56. The summed E-state index contributed by atoms with van der Waals surface area (Å²) in [5, 5.41) is 3.14. The lowest BCUT2D eigenvalue weighted by atomic mass is 9.99. The third-order valence-corrected chi connectivity index (χ3v) is 2.76. The number of rotatable bonds is 5. The molecule has 0 aliphatic rings. The van der Waals surface area contributed by atoms with Crippen molar-refractivity contribution in [1.82, 2.24) is 5.32 Å². The van der Waals surface area contributed by atoms with Crippen molar-refractivity contribution in [2.24, 2.45) is 0 Å². The van der Waals surface area contributed by atoms with E-state index in [0.29, 0.717) is 5.56 Å². The molecule has 0 aliphatic heterocycles. The van der Waals surface area contributed by atoms with Gasteiger partial charge in [-0.1, -0.05) is 18.2 Å². The van der Waals surface area contributed by atoms with Gasteiger partial charge in [-0.3, -0.25) is 0 Å². The molecule has 1 unspecified atom stereocenters. The van der Waals surface area contributed by atoms with Crippen molar-refractivity contribution in [2.45, 2.75) is 32.2 Å². The lowest BCUT2D eigenvalue weighted by molar-refractivity contribution is 0.495. The summed E-state index contributed by atoms with van der Waals surface area (Å²) < 4.78 is 13.9. The molecule has 0 spiro atoms. The van der Waals surface area contributed by atoms with E-state index in [1.165, 1.54) is 0 Å². The fraction of sp³-hybridized carbons (Fsp3) is 0.429. The Morgan fingerprint density at radius 1 is 1.50 bits per heavy atom. The van der Waals surface area contributed by atoms with Crippen LogP contribution in [0.3, 0.4) is 0 Å². The van der Waals surface area contributed by atoms with Gasteiger partial charge < -0.3 is 5.32 Å². The monoisotopic (exact) mass is 219 g/mol. The first-order valence-electron chi connectivity index (χ1n) is 5.56. The second-order valence-electron chi connectivity index (χ2n) is 3.92. The summed E-state index contributed by atoms with van der Waals surface area (Å²) in [6, 6.07) is 5.55. The van der Waals surface area contributed by atoms with Gasteiger partial charge in [0.2, 0.25) is 0 Å². The average Bonchev–Trinajstić information content (AvgIpc) is 2.29. The van der Waals surface area contributed by atoms with Crippen LogP contribution in [-0.2, 0) is 0 Å². The summed E-state index contributed by atoms with van der Waals surface area (Å²) in [5.41, 5.74) is 1.43. The van der Waals surface area contributed by atoms with Crippen LogP contribution in [0.5, 0.6) is 0 Å². The van der Waals surface area contributed by atoms with E-state index in [2.05, 4.69) is 11.2 Å². The first-order chi connectivity index (χ1) is 7.70. The molecule has 0 saturated carbocycles. The Morgan fingerprint density at radius 3 is 2.88 bits per heavy atom. The van der Waals surface area contributed by atoms with Crippen molar-refractivity contribution in [2.75, 3.05) is 7.05 Å². The number of aryl methyl sites for hydroxylation is 1. The maximum Gasteiger partial charge on any atom is 0.130 e. The molecule has 0 heterocycles. The number of benzene rings is 1. The standard InChI is InChI=1S/C14H18FN/c1-4-5-6-10-13(16-3)12-9-7-8-11(2)14(12)15/h1,7-9,13,16H,5-6,10H2,2-3H3. The van der Waals surface area contributed by atoms with E-state index >= 15 is 0 Å². The molecule has 0 amide bonds. The van der Waals surface area contributed by atoms with Crippen LogP contribution in [0.15, 0.2) is 18.2 Å². The molecule has 0 radical (unpaired) electrons. The van der Waals surface area contributed by atoms with Gasteiger partial charge >= 0.3 is 0 Å². The minimum atomic E-state index is -0.109. The number of halogens is 1. The summed E-state index contributed by atoms with van der Waals surface area (Å²) >= 11 is 0. The van der Waals surface area contributed by atoms with E-state index in [1.54, 1.807) is 13.0 Å². The summed E-state index contributed by atoms with van der Waals surface area (Å²) in [6.07, 6.45) is 7.72. The number of nitrogens with one attached hydrogen (secondary N) is 1. The molecule has 0 aliphatic carbocycles. The topological polar surface area (TPSA) is 12.0 Å². The zero-order valence-corrected chi connectivity index (χ0v) is 9.89. The first kappa shape index (κ1) is 12.7. The minimum absolute atomic E-state index is 0.0493. The van der Waals surface area contributed by atoms with Crippen molar-refractivity contribution >= 4 is 0 Å². The quantitative estimate of drug-likeness (QED) is 0.592. The number of hydrogen-bond donors (Lipinski definition) is 1. The summed E-state index contributed by atoms with van der Waals surface area (Å²) in [7, 11) is 1.85. The highest BCUT2D eigenvalue weighted by Gasteiger charge is 2.14. The van der Waals surface area contributed by atoms with Crippen molar-refractivity contribution < 1.29 is 4.39 Å². The van der Waals surface area contributed by atoms with Gasteiger partial charge in [0.15, 0.2) is 0 Å². The van der Waals surface area contributed by atoms with Gasteiger partial charge in [0, 0.05) is 18.0 Å². The molecule has 0 aromatic heterocycles. The molecular formula is C14H18FN. The molecule has 1 N–H and O–H groups in total. The van der Waals surface area contributed by atoms with Crippen LogP contribution in [-0.4, -0.2) is 7.05 Å². The molecule has 16 heavy (non-hydrogen) atoms. The third-order valence-electron chi connectivity index (χ3n) is 2.76. The van der Waals surface area contributed by atoms with E-state index in [9.17, 15) is 4.39 Å². The van der Waals surface area contributed by atoms with Crippen LogP contribution in [0.4, 0.5) is 4.39 Å². The van der Waals surface area contributed by atoms with Crippen LogP contribution < -0.4 is 5.32 Å². The Balaban J connectivity index is 2.79. The van der Waals surface area contributed by atoms with Crippen LogP contribution in [0.1, 0.15) is 36.4 Å². The Kier molecular flexibility index (Phi) is 5.01. The number of terminal acetylenes is 1. The van der Waals surface area contributed by atoms with Gasteiger partial charge in [-0.25, -0.2) is 4.39 Å². The highest BCUT2D eigenvalue weighted by molar-refractivity contribution is 5.27. The van der Waals surface area contributed by atoms with E-state index in [-0.39, 0.29) is 11.9 Å². The molecule has 1 rings (SSSR count). The van der Waals surface area contributed by atoms with Crippen molar-refractivity contribution in [3.8, 4) is 12.3 Å². The highest BCUT2D eigenvalue weighted by atomic mass is 19.1. The lowest BCUT2D eigenvalue weighted by Crippen LogP contribution is -2.18. The molecule has 0 fully saturated rings. The van der Waals surface area contributed by atoms with E-state index in [0.717, 1.165) is 24.8 Å². The Bertz CT molecular complexity index is 379. The maximum atomic E-state index is 13.9. The SMILES string of the molecule is C#CCCCC(NC)c1cccc(C)c1F. The fourth-order valence-electron chi connectivity index (χ4n) is 1.80. The second kappa shape index (κ2) is 6.30. The van der Waals surface area contributed by atoms with Crippen LogP contribution in [0.2, 0.25) is 0 Å². The maximum absolute atomic E-state index is 13.9. The van der Waals surface area contributed by atoms with Gasteiger partial charge in [-0.05, 0) is 32.4 Å². The van der Waals surface area contributed by atoms with Crippen molar-refractivity contribution in [3.05, 3.63) is 35.1 Å². The fourth-order valence-corrected chi connectivity index (χ4v) is 1.80. The van der Waals surface area contributed by atoms with Gasteiger partial charge in [0.25, 0.3) is 0 Å². The molecule has 2 heteroatoms. The molecule has 0 bridgehead atoms. The molecule has 1 aromatic rings. The molecule has 1 nitrogen and oxygen atoms in total. The minimum Gasteiger partial charge on any atom is -0.313 e. The van der Waals surface area contributed by atoms with Gasteiger partial charge in [-0.15, -0.1) is 12.3 Å². The largest absolute Gasteiger partial charge is 0.313 e. The zero-order chi connectivity index (χ0) is 12.0. The van der Waals surface area contributed by atoms with Crippen LogP contribution >= 0.6 is 0 Å². The molecule has 1 aromatic carbocycles. The smallest absolute Gasteiger partial charge is 0.130 e. The van der Waals surface area contributed by atoms with Gasteiger partial charge in [0.05, 0.1) is 0 Å². The summed E-state index contributed by atoms with van der Waals surface area (Å²) in [6.45, 7) is 1.78. The van der Waals surface area contributed by atoms with E-state index in [4.69, 9.17) is 6.42 Å². The Hall–Kier alpha value is -1.33. The number of unbranched alkanes of at least 4 members (excludes halogenated alkanes) is 1. The van der Waals surface area contributed by atoms with Crippen molar-refractivity contribution in [1.29, 1.82) is 0 Å². The van der Waals surface area contributed by atoms with Crippen LogP contribution in [0.25, 0.3) is 0 Å². The van der Waals surface area contributed by atoms with Crippen molar-refractivity contribution in [3.63, 3.8) is 0 Å². The number of hydrogen-bond acceptors (Lipinski definition) is 1. The van der Waals surface area contributed by atoms with Gasteiger partial charge in [-0.2, -0.15) is 0 Å². The molecular weight excluding hydrogens is 201 g/mol. The Labute approximate surface area is 97.1 Å². The molecule has 0 saturated heterocycles. The van der Waals surface area contributed by atoms with Gasteiger partial charge in [0.1, 0.15) is 5.82 Å². The highest BCUT2D eigenvalue weighted by Crippen LogP contribution is 2.23. The summed E-state index contributed by atoms with van der Waals surface area (Å²) in [5.74, 6) is 2.49. The van der Waals surface area contributed by atoms with Crippen LogP contribution in [0, 0.1) is 25.1 Å².